The number of piperidine rings is 1. The van der Waals surface area contributed by atoms with Gasteiger partial charge in [0.15, 0.2) is 11.8 Å². The average Bonchev–Trinajstić information content (AvgIpc) is 3.11. The van der Waals surface area contributed by atoms with Crippen molar-refractivity contribution >= 4 is 28.8 Å². The van der Waals surface area contributed by atoms with Crippen LogP contribution in [0.2, 0.25) is 0 Å². The number of benzene rings is 1. The minimum atomic E-state index is -1.46. The fourth-order valence-corrected chi connectivity index (χ4v) is 4.02. The summed E-state index contributed by atoms with van der Waals surface area (Å²) in [7, 11) is 0. The maximum Gasteiger partial charge on any atom is 0.264 e. The number of anilines is 1. The predicted molar refractivity (Wildman–Crippen MR) is 93.2 cm³/mol. The van der Waals surface area contributed by atoms with E-state index in [1.165, 1.54) is 28.4 Å². The van der Waals surface area contributed by atoms with E-state index in [1.807, 2.05) is 5.38 Å². The lowest BCUT2D eigenvalue weighted by molar-refractivity contribution is 0.0499. The van der Waals surface area contributed by atoms with Gasteiger partial charge in [-0.25, -0.2) is 13.8 Å². The molecule has 3 N–H and O–H groups in total. The van der Waals surface area contributed by atoms with Crippen LogP contribution in [0.4, 0.5) is 14.5 Å². The fourth-order valence-electron chi connectivity index (χ4n) is 3.33. The number of fused-ring (bicyclic) bond motifs is 1. The molecule has 1 amide bonds. The third kappa shape index (κ3) is 2.57. The molecule has 0 radical (unpaired) electrons. The highest BCUT2D eigenvalue weighted by atomic mass is 32.1. The molecule has 25 heavy (non-hydrogen) atoms. The molecule has 0 aliphatic carbocycles. The van der Waals surface area contributed by atoms with Crippen molar-refractivity contribution in [3.05, 3.63) is 52.0 Å². The molecule has 5 nitrogen and oxygen atoms in total. The Balaban J connectivity index is 1.60. The molecule has 0 unspecified atom stereocenters. The highest BCUT2D eigenvalue weighted by Crippen LogP contribution is 2.37. The van der Waals surface area contributed by atoms with Gasteiger partial charge in [-0.3, -0.25) is 4.79 Å². The summed E-state index contributed by atoms with van der Waals surface area (Å²) >= 11 is 1.33. The maximum absolute atomic E-state index is 15.0. The predicted octanol–water partition coefficient (Wildman–Crippen LogP) is 2.60. The largest absolute Gasteiger partial charge is 0.383 e. The molecule has 3 heterocycles. The van der Waals surface area contributed by atoms with E-state index in [0.29, 0.717) is 17.1 Å². The lowest BCUT2D eigenvalue weighted by atomic mass is 9.92. The zero-order valence-electron chi connectivity index (χ0n) is 13.2. The van der Waals surface area contributed by atoms with Crippen LogP contribution in [-0.2, 0) is 0 Å². The van der Waals surface area contributed by atoms with Gasteiger partial charge in [0.1, 0.15) is 11.7 Å². The minimum Gasteiger partial charge on any atom is -0.383 e. The van der Waals surface area contributed by atoms with Gasteiger partial charge in [-0.1, -0.05) is 12.1 Å². The number of rotatable bonds is 1. The summed E-state index contributed by atoms with van der Waals surface area (Å²) in [5.41, 5.74) is 5.23. The van der Waals surface area contributed by atoms with Crippen LogP contribution < -0.4 is 11.1 Å². The molecule has 1 aromatic heterocycles. The van der Waals surface area contributed by atoms with Gasteiger partial charge in [0.05, 0.1) is 17.0 Å². The Morgan fingerprint density at radius 3 is 2.96 bits per heavy atom. The Labute approximate surface area is 147 Å². The highest BCUT2D eigenvalue weighted by Gasteiger charge is 2.47. The van der Waals surface area contributed by atoms with Gasteiger partial charge in [0.2, 0.25) is 0 Å². The molecule has 8 heteroatoms. The average molecular weight is 362 g/mol. The Kier molecular flexibility index (Phi) is 3.72. The summed E-state index contributed by atoms with van der Waals surface area (Å²) in [6, 6.07) is 7.98. The molecular weight excluding hydrogens is 346 g/mol. The summed E-state index contributed by atoms with van der Waals surface area (Å²) in [6.45, 7) is 0.247. The Bertz CT molecular complexity index is 854. The van der Waals surface area contributed by atoms with Gasteiger partial charge in [-0.2, -0.15) is 0 Å². The summed E-state index contributed by atoms with van der Waals surface area (Å²) in [6.07, 6.45) is -1.21. The SMILES string of the molecule is NC1=N[C@@]2(CCN(C(=O)c3cccs3)C[C@@H]2F)Nc2cccc(F)c21. The van der Waals surface area contributed by atoms with E-state index in [9.17, 15) is 9.18 Å². The van der Waals surface area contributed by atoms with Crippen molar-refractivity contribution in [3.63, 3.8) is 0 Å². The summed E-state index contributed by atoms with van der Waals surface area (Å²) < 4.78 is 29.0. The van der Waals surface area contributed by atoms with Crippen molar-refractivity contribution in [1.29, 1.82) is 0 Å². The maximum atomic E-state index is 15.0. The van der Waals surface area contributed by atoms with Crippen LogP contribution in [0.15, 0.2) is 40.7 Å². The molecule has 4 rings (SSSR count). The Morgan fingerprint density at radius 1 is 1.40 bits per heavy atom. The molecule has 2 aliphatic heterocycles. The van der Waals surface area contributed by atoms with Gasteiger partial charge >= 0.3 is 0 Å². The van der Waals surface area contributed by atoms with E-state index >= 15 is 4.39 Å². The number of nitrogens with zero attached hydrogens (tertiary/aromatic N) is 2. The number of carbonyl (C=O) groups is 1. The topological polar surface area (TPSA) is 70.7 Å². The molecule has 2 aromatic rings. The van der Waals surface area contributed by atoms with Crippen molar-refractivity contribution in [2.75, 3.05) is 18.4 Å². The van der Waals surface area contributed by atoms with Crippen molar-refractivity contribution in [1.82, 2.24) is 4.90 Å². The molecule has 1 fully saturated rings. The third-order valence-electron chi connectivity index (χ3n) is 4.62. The number of amidine groups is 1. The van der Waals surface area contributed by atoms with Gasteiger partial charge in [-0.15, -0.1) is 11.3 Å². The number of nitrogens with one attached hydrogen (secondary N) is 1. The van der Waals surface area contributed by atoms with Crippen LogP contribution >= 0.6 is 11.3 Å². The van der Waals surface area contributed by atoms with Crippen LogP contribution in [0.25, 0.3) is 0 Å². The van der Waals surface area contributed by atoms with E-state index in [1.54, 1.807) is 18.2 Å². The van der Waals surface area contributed by atoms with E-state index in [4.69, 9.17) is 5.73 Å². The molecule has 130 valence electrons. The van der Waals surface area contributed by atoms with Crippen molar-refractivity contribution in [2.45, 2.75) is 18.3 Å². The first-order valence-electron chi connectivity index (χ1n) is 7.89. The second-order valence-electron chi connectivity index (χ2n) is 6.15. The van der Waals surface area contributed by atoms with E-state index in [-0.39, 0.29) is 30.3 Å². The van der Waals surface area contributed by atoms with Crippen LogP contribution in [0, 0.1) is 5.82 Å². The van der Waals surface area contributed by atoms with Crippen LogP contribution in [0.1, 0.15) is 21.7 Å². The lowest BCUT2D eigenvalue weighted by Gasteiger charge is -2.44. The first kappa shape index (κ1) is 16.0. The smallest absolute Gasteiger partial charge is 0.264 e. The Hall–Kier alpha value is -2.48. The first-order chi connectivity index (χ1) is 12.0. The van der Waals surface area contributed by atoms with Gasteiger partial charge in [0.25, 0.3) is 5.91 Å². The molecule has 2 aliphatic rings. The highest BCUT2D eigenvalue weighted by molar-refractivity contribution is 7.12. The summed E-state index contributed by atoms with van der Waals surface area (Å²) in [5.74, 6) is -0.707. The molecular formula is C17H16F2N4OS. The van der Waals surface area contributed by atoms with E-state index in [0.717, 1.165) is 0 Å². The van der Waals surface area contributed by atoms with Crippen LogP contribution in [0.3, 0.4) is 0 Å². The molecule has 1 aromatic carbocycles. The van der Waals surface area contributed by atoms with Crippen molar-refractivity contribution < 1.29 is 13.6 Å². The van der Waals surface area contributed by atoms with Gasteiger partial charge < -0.3 is 16.0 Å². The number of nitrogens with two attached hydrogens (primary N) is 1. The fraction of sp³-hybridized carbons (Fsp3) is 0.294. The van der Waals surface area contributed by atoms with Gasteiger partial charge in [0, 0.05) is 18.7 Å². The van der Waals surface area contributed by atoms with Crippen LogP contribution in [-0.4, -0.2) is 41.6 Å². The third-order valence-corrected chi connectivity index (χ3v) is 5.48. The quantitative estimate of drug-likeness (QED) is 0.819. The molecule has 1 spiro atoms. The van der Waals surface area contributed by atoms with Crippen molar-refractivity contribution in [2.24, 2.45) is 10.7 Å². The number of carbonyl (C=O) groups excluding carboxylic acids is 1. The number of likely N-dealkylation sites (tertiary alicyclic amines) is 1. The number of hydrogen-bond donors (Lipinski definition) is 2. The number of alkyl halides is 1. The summed E-state index contributed by atoms with van der Waals surface area (Å²) in [4.78, 5) is 18.7. The number of halogens is 2. The Morgan fingerprint density at radius 2 is 2.24 bits per heavy atom. The molecule has 2 atom stereocenters. The van der Waals surface area contributed by atoms with E-state index < -0.39 is 17.7 Å². The second kappa shape index (κ2) is 5.80. The monoisotopic (exact) mass is 362 g/mol. The van der Waals surface area contributed by atoms with E-state index in [2.05, 4.69) is 10.3 Å². The number of hydrogen-bond acceptors (Lipinski definition) is 5. The molecule has 0 bridgehead atoms. The molecule has 1 saturated heterocycles. The first-order valence-corrected chi connectivity index (χ1v) is 8.77. The number of amides is 1. The normalized spacial score (nSPS) is 25.3. The minimum absolute atomic E-state index is 0.0208. The zero-order chi connectivity index (χ0) is 17.6. The number of aliphatic imine (C=N–C) groups is 1. The lowest BCUT2D eigenvalue weighted by Crippen LogP contribution is -2.59. The number of thiophene rings is 1. The standard InChI is InChI=1S/C17H16F2N4OS/c18-10-3-1-4-11-14(10)15(20)22-17(21-11)6-7-23(9-13(17)19)16(24)12-5-2-8-25-12/h1-5,8,13,21H,6-7,9H2,(H2,20,22)/t13-,17+/m0/s1. The zero-order valence-corrected chi connectivity index (χ0v) is 14.0. The van der Waals surface area contributed by atoms with Crippen molar-refractivity contribution in [3.8, 4) is 0 Å². The van der Waals surface area contributed by atoms with Crippen LogP contribution in [0.5, 0.6) is 0 Å². The molecule has 0 saturated carbocycles. The summed E-state index contributed by atoms with van der Waals surface area (Å²) in [5, 5.41) is 4.82. The second-order valence-corrected chi connectivity index (χ2v) is 7.10. The van der Waals surface area contributed by atoms with Gasteiger partial charge in [-0.05, 0) is 23.6 Å².